The molecule has 0 amide bonds. The van der Waals surface area contributed by atoms with Crippen molar-refractivity contribution in [2.24, 2.45) is 0 Å². The maximum Gasteiger partial charge on any atom is 0.130 e. The summed E-state index contributed by atoms with van der Waals surface area (Å²) in [6, 6.07) is 20.4. The summed E-state index contributed by atoms with van der Waals surface area (Å²) in [5, 5.41) is 3.24. The molecule has 1 nitrogen and oxygen atoms in total. The fourth-order valence-corrected chi connectivity index (χ4v) is 3.11. The van der Waals surface area contributed by atoms with Crippen molar-refractivity contribution in [2.45, 2.75) is 6.42 Å². The fraction of sp³-hybridized carbons (Fsp3) is 0.0526. The predicted molar refractivity (Wildman–Crippen MR) is 87.7 cm³/mol. The summed E-state index contributed by atoms with van der Waals surface area (Å²) in [5.41, 5.74) is 3.38. The number of hydrogen-bond acceptors (Lipinski definition) is 1. The summed E-state index contributed by atoms with van der Waals surface area (Å²) in [6.07, 6.45) is 2.65. The molecule has 102 valence electrons. The standard InChI is InChI=1S/C19H13ClO/c20-18-8-4-3-7-16(18)14-11-17-15-6-2-1-5-13(15)9-10-19(17)21-12-14/h1-10,12H,11H2. The Morgan fingerprint density at radius 3 is 2.57 bits per heavy atom. The number of rotatable bonds is 1. The smallest absolute Gasteiger partial charge is 0.130 e. The van der Waals surface area contributed by atoms with Crippen LogP contribution in [0.3, 0.4) is 0 Å². The summed E-state index contributed by atoms with van der Waals surface area (Å²) in [7, 11) is 0. The third-order valence-electron chi connectivity index (χ3n) is 3.91. The van der Waals surface area contributed by atoms with E-state index in [0.717, 1.165) is 28.3 Å². The summed E-state index contributed by atoms with van der Waals surface area (Å²) in [4.78, 5) is 0. The van der Waals surface area contributed by atoms with Gasteiger partial charge < -0.3 is 4.74 Å². The summed E-state index contributed by atoms with van der Waals surface area (Å²) in [6.45, 7) is 0. The molecule has 21 heavy (non-hydrogen) atoms. The molecular formula is C19H13ClO. The van der Waals surface area contributed by atoms with Crippen molar-refractivity contribution >= 4 is 27.9 Å². The lowest BCUT2D eigenvalue weighted by Crippen LogP contribution is -2.03. The summed E-state index contributed by atoms with van der Waals surface area (Å²) < 4.78 is 5.83. The van der Waals surface area contributed by atoms with E-state index >= 15 is 0 Å². The molecule has 3 aromatic carbocycles. The Bertz CT molecular complexity index is 864. The Balaban J connectivity index is 1.84. The van der Waals surface area contributed by atoms with Crippen LogP contribution >= 0.6 is 11.6 Å². The highest BCUT2D eigenvalue weighted by Gasteiger charge is 2.17. The Hall–Kier alpha value is -2.25. The lowest BCUT2D eigenvalue weighted by atomic mass is 9.93. The Labute approximate surface area is 128 Å². The molecule has 1 heterocycles. The van der Waals surface area contributed by atoms with Gasteiger partial charge in [0.25, 0.3) is 0 Å². The SMILES string of the molecule is Clc1ccccc1C1=COc2ccc3ccccc3c2C1. The first-order valence-electron chi connectivity index (χ1n) is 6.94. The molecule has 0 unspecified atom stereocenters. The second-order valence-electron chi connectivity index (χ2n) is 5.18. The zero-order chi connectivity index (χ0) is 14.2. The van der Waals surface area contributed by atoms with E-state index < -0.39 is 0 Å². The molecule has 0 saturated carbocycles. The first-order valence-corrected chi connectivity index (χ1v) is 7.32. The molecule has 1 aliphatic rings. The van der Waals surface area contributed by atoms with E-state index in [0.29, 0.717) is 0 Å². The van der Waals surface area contributed by atoms with Gasteiger partial charge in [-0.1, -0.05) is 60.1 Å². The van der Waals surface area contributed by atoms with Crippen LogP contribution < -0.4 is 4.74 Å². The van der Waals surface area contributed by atoms with Crippen LogP contribution in [0.25, 0.3) is 16.3 Å². The largest absolute Gasteiger partial charge is 0.464 e. The fourth-order valence-electron chi connectivity index (χ4n) is 2.86. The second kappa shape index (κ2) is 4.94. The Kier molecular flexibility index (Phi) is 2.94. The molecule has 2 heteroatoms. The lowest BCUT2D eigenvalue weighted by molar-refractivity contribution is 0.470. The molecule has 0 bridgehead atoms. The van der Waals surface area contributed by atoms with Gasteiger partial charge in [0.2, 0.25) is 0 Å². The third-order valence-corrected chi connectivity index (χ3v) is 4.24. The molecule has 0 fully saturated rings. The van der Waals surface area contributed by atoms with Crippen LogP contribution in [0.4, 0.5) is 0 Å². The Morgan fingerprint density at radius 1 is 0.857 bits per heavy atom. The van der Waals surface area contributed by atoms with Crippen molar-refractivity contribution in [1.82, 2.24) is 0 Å². The van der Waals surface area contributed by atoms with Crippen molar-refractivity contribution in [3.05, 3.63) is 83.1 Å². The quantitative estimate of drug-likeness (QED) is 0.578. The molecule has 0 N–H and O–H groups in total. The van der Waals surface area contributed by atoms with Gasteiger partial charge in [-0.2, -0.15) is 0 Å². The predicted octanol–water partition coefficient (Wildman–Crippen LogP) is 5.47. The number of benzene rings is 3. The first-order chi connectivity index (χ1) is 10.3. The van der Waals surface area contributed by atoms with Gasteiger partial charge in [0.1, 0.15) is 5.75 Å². The maximum absolute atomic E-state index is 6.31. The van der Waals surface area contributed by atoms with Gasteiger partial charge in [0, 0.05) is 22.6 Å². The molecule has 1 aliphatic heterocycles. The average Bonchev–Trinajstić information content (AvgIpc) is 2.55. The van der Waals surface area contributed by atoms with Gasteiger partial charge in [-0.25, -0.2) is 0 Å². The first kappa shape index (κ1) is 12.5. The minimum atomic E-state index is 0.760. The van der Waals surface area contributed by atoms with E-state index in [1.165, 1.54) is 16.3 Å². The highest BCUT2D eigenvalue weighted by Crippen LogP contribution is 2.37. The van der Waals surface area contributed by atoms with Crippen LogP contribution in [-0.2, 0) is 6.42 Å². The van der Waals surface area contributed by atoms with Gasteiger partial charge in [-0.3, -0.25) is 0 Å². The molecule has 0 radical (unpaired) electrons. The van der Waals surface area contributed by atoms with Gasteiger partial charge in [0.15, 0.2) is 0 Å². The normalized spacial score (nSPS) is 13.5. The summed E-state index contributed by atoms with van der Waals surface area (Å²) in [5.74, 6) is 0.935. The van der Waals surface area contributed by atoms with Crippen LogP contribution in [0.15, 0.2) is 66.9 Å². The van der Waals surface area contributed by atoms with E-state index in [-0.39, 0.29) is 0 Å². The molecule has 0 atom stereocenters. The van der Waals surface area contributed by atoms with Crippen LogP contribution in [0, 0.1) is 0 Å². The average molecular weight is 293 g/mol. The van der Waals surface area contributed by atoms with Gasteiger partial charge in [0.05, 0.1) is 6.26 Å². The van der Waals surface area contributed by atoms with Gasteiger partial charge in [-0.15, -0.1) is 0 Å². The van der Waals surface area contributed by atoms with E-state index in [4.69, 9.17) is 16.3 Å². The van der Waals surface area contributed by atoms with Crippen molar-refractivity contribution < 1.29 is 4.74 Å². The number of halogens is 1. The van der Waals surface area contributed by atoms with Crippen molar-refractivity contribution in [3.8, 4) is 5.75 Å². The van der Waals surface area contributed by atoms with Crippen LogP contribution in [0.2, 0.25) is 5.02 Å². The molecule has 0 aromatic heterocycles. The second-order valence-corrected chi connectivity index (χ2v) is 5.59. The van der Waals surface area contributed by atoms with Gasteiger partial charge >= 0.3 is 0 Å². The molecule has 0 aliphatic carbocycles. The highest BCUT2D eigenvalue weighted by molar-refractivity contribution is 6.32. The van der Waals surface area contributed by atoms with E-state index in [2.05, 4.69) is 30.3 Å². The zero-order valence-corrected chi connectivity index (χ0v) is 12.1. The molecule has 4 rings (SSSR count). The van der Waals surface area contributed by atoms with E-state index in [9.17, 15) is 0 Å². The minimum absolute atomic E-state index is 0.760. The number of hydrogen-bond donors (Lipinski definition) is 0. The topological polar surface area (TPSA) is 9.23 Å². The lowest BCUT2D eigenvalue weighted by Gasteiger charge is -2.20. The van der Waals surface area contributed by atoms with Crippen molar-refractivity contribution in [3.63, 3.8) is 0 Å². The third kappa shape index (κ3) is 2.10. The molecular weight excluding hydrogens is 280 g/mol. The Morgan fingerprint density at radius 2 is 1.67 bits per heavy atom. The molecule has 3 aromatic rings. The number of ether oxygens (including phenoxy) is 1. The van der Waals surface area contributed by atoms with Gasteiger partial charge in [-0.05, 0) is 28.5 Å². The molecule has 0 saturated heterocycles. The van der Waals surface area contributed by atoms with Crippen LogP contribution in [-0.4, -0.2) is 0 Å². The molecule has 0 spiro atoms. The zero-order valence-electron chi connectivity index (χ0n) is 11.3. The minimum Gasteiger partial charge on any atom is -0.464 e. The van der Waals surface area contributed by atoms with E-state index in [1.807, 2.05) is 36.6 Å². The van der Waals surface area contributed by atoms with Crippen LogP contribution in [0.1, 0.15) is 11.1 Å². The number of fused-ring (bicyclic) bond motifs is 3. The van der Waals surface area contributed by atoms with Crippen LogP contribution in [0.5, 0.6) is 5.75 Å². The maximum atomic E-state index is 6.31. The highest BCUT2D eigenvalue weighted by atomic mass is 35.5. The van der Waals surface area contributed by atoms with Crippen molar-refractivity contribution in [2.75, 3.05) is 0 Å². The summed E-state index contributed by atoms with van der Waals surface area (Å²) >= 11 is 6.31. The monoisotopic (exact) mass is 292 g/mol. The van der Waals surface area contributed by atoms with Crippen molar-refractivity contribution in [1.29, 1.82) is 0 Å². The number of allylic oxidation sites excluding steroid dienone is 1. The van der Waals surface area contributed by atoms with E-state index in [1.54, 1.807) is 0 Å².